The van der Waals surface area contributed by atoms with Crippen LogP contribution in [-0.4, -0.2) is 67.0 Å². The minimum absolute atomic E-state index is 0.0398. The number of carbonyl (C=O) groups is 2. The number of rotatable bonds is 17. The summed E-state index contributed by atoms with van der Waals surface area (Å²) in [5.74, 6) is -0.0516. The number of anilines is 1. The number of hydrogen-bond donors (Lipinski definition) is 2. The van der Waals surface area contributed by atoms with Gasteiger partial charge in [-0.25, -0.2) is 4.98 Å². The number of nitrogens with zero attached hydrogens (tertiary/aromatic N) is 3. The van der Waals surface area contributed by atoms with E-state index < -0.39 is 0 Å². The molecule has 2 aromatic rings. The zero-order valence-corrected chi connectivity index (χ0v) is 28.6. The highest BCUT2D eigenvalue weighted by Gasteiger charge is 2.23. The molecular formula is C34H57N5O2S. The molecule has 0 bridgehead atoms. The first-order valence-electron chi connectivity index (χ1n) is 15.6. The van der Waals surface area contributed by atoms with Crippen LogP contribution in [0.15, 0.2) is 36.4 Å². The molecule has 0 fully saturated rings. The van der Waals surface area contributed by atoms with Gasteiger partial charge in [0.2, 0.25) is 11.8 Å². The van der Waals surface area contributed by atoms with Gasteiger partial charge in [-0.3, -0.25) is 9.59 Å². The number of carbonyl (C=O) groups excluding carboxylic acids is 2. The second-order valence-electron chi connectivity index (χ2n) is 11.5. The normalized spacial score (nSPS) is 11.5. The zero-order valence-electron chi connectivity index (χ0n) is 27.8. The standard InChI is InChI=1S/C30H49N5O2S.C4H8/c1-8-11-15-25(13-9-2)34(7)29(37)21-35(20-28(36)32-18-17-31-22(4)5)26-16-12-14-24(19-26)30-27(10-3)38-23(6)33-30;1-4(2)3/h12,14,16,19,22,25,31H,8-11,13,15,17-18,20-21H2,1-7H3,(H,32,36);1H2,2-3H3. The van der Waals surface area contributed by atoms with Gasteiger partial charge in [0.25, 0.3) is 0 Å². The van der Waals surface area contributed by atoms with E-state index in [1.54, 1.807) is 11.3 Å². The predicted molar refractivity (Wildman–Crippen MR) is 182 cm³/mol. The van der Waals surface area contributed by atoms with Crippen LogP contribution >= 0.6 is 11.3 Å². The molecule has 2 N–H and O–H groups in total. The Bertz CT molecular complexity index is 1090. The van der Waals surface area contributed by atoms with Gasteiger partial charge in [0.1, 0.15) is 0 Å². The highest BCUT2D eigenvalue weighted by Crippen LogP contribution is 2.31. The van der Waals surface area contributed by atoms with E-state index in [-0.39, 0.29) is 30.9 Å². The molecule has 7 nitrogen and oxygen atoms in total. The Labute approximate surface area is 260 Å². The van der Waals surface area contributed by atoms with Crippen LogP contribution in [0.5, 0.6) is 0 Å². The highest BCUT2D eigenvalue weighted by molar-refractivity contribution is 7.12. The Balaban J connectivity index is 0.00000206. The summed E-state index contributed by atoms with van der Waals surface area (Å²) in [6.07, 6.45) is 6.17. The molecule has 2 rings (SSSR count). The van der Waals surface area contributed by atoms with E-state index in [1.807, 2.05) is 49.8 Å². The lowest BCUT2D eigenvalue weighted by molar-refractivity contribution is -0.130. The average molecular weight is 600 g/mol. The predicted octanol–water partition coefficient (Wildman–Crippen LogP) is 7.00. The molecule has 0 aliphatic carbocycles. The number of thiazole rings is 1. The number of unbranched alkanes of at least 4 members (excludes halogenated alkanes) is 1. The third-order valence-corrected chi connectivity index (χ3v) is 7.84. The van der Waals surface area contributed by atoms with E-state index in [0.717, 1.165) is 60.5 Å². The lowest BCUT2D eigenvalue weighted by Crippen LogP contribution is -2.47. The summed E-state index contributed by atoms with van der Waals surface area (Å²) in [6, 6.07) is 8.69. The monoisotopic (exact) mass is 599 g/mol. The molecule has 0 spiro atoms. The van der Waals surface area contributed by atoms with Gasteiger partial charge in [0.15, 0.2) is 0 Å². The van der Waals surface area contributed by atoms with Crippen LogP contribution in [0, 0.1) is 6.92 Å². The topological polar surface area (TPSA) is 77.6 Å². The van der Waals surface area contributed by atoms with Crippen molar-refractivity contribution >= 4 is 28.8 Å². The van der Waals surface area contributed by atoms with Gasteiger partial charge >= 0.3 is 0 Å². The summed E-state index contributed by atoms with van der Waals surface area (Å²) in [7, 11) is 1.91. The Morgan fingerprint density at radius 2 is 1.74 bits per heavy atom. The van der Waals surface area contributed by atoms with Crippen LogP contribution in [0.4, 0.5) is 5.69 Å². The van der Waals surface area contributed by atoms with E-state index >= 15 is 0 Å². The van der Waals surface area contributed by atoms with Crippen molar-refractivity contribution in [3.05, 3.63) is 46.3 Å². The van der Waals surface area contributed by atoms with Gasteiger partial charge < -0.3 is 20.4 Å². The van der Waals surface area contributed by atoms with Crippen LogP contribution in [-0.2, 0) is 16.0 Å². The van der Waals surface area contributed by atoms with Crippen LogP contribution in [0.1, 0.15) is 90.5 Å². The molecule has 0 radical (unpaired) electrons. The number of hydrogen-bond acceptors (Lipinski definition) is 6. The number of amides is 2. The third kappa shape index (κ3) is 14.0. The first-order chi connectivity index (χ1) is 19.9. The molecule has 0 aliphatic rings. The molecule has 1 heterocycles. The highest BCUT2D eigenvalue weighted by atomic mass is 32.1. The molecule has 8 heteroatoms. The molecule has 0 aliphatic heterocycles. The van der Waals surface area contributed by atoms with Crippen LogP contribution in [0.3, 0.4) is 0 Å². The average Bonchev–Trinajstić information content (AvgIpc) is 3.33. The van der Waals surface area contributed by atoms with E-state index in [2.05, 4.69) is 64.0 Å². The summed E-state index contributed by atoms with van der Waals surface area (Å²) in [5.41, 5.74) is 4.03. The number of nitrogens with one attached hydrogen (secondary N) is 2. The first-order valence-corrected chi connectivity index (χ1v) is 16.4. The second-order valence-corrected chi connectivity index (χ2v) is 12.8. The smallest absolute Gasteiger partial charge is 0.242 e. The molecule has 0 saturated carbocycles. The number of allylic oxidation sites excluding steroid dienone is 1. The van der Waals surface area contributed by atoms with Crippen molar-refractivity contribution in [1.29, 1.82) is 0 Å². The van der Waals surface area contributed by atoms with Crippen molar-refractivity contribution in [2.24, 2.45) is 0 Å². The Kier molecular flexibility index (Phi) is 18.0. The van der Waals surface area contributed by atoms with Crippen LogP contribution in [0.2, 0.25) is 0 Å². The maximum Gasteiger partial charge on any atom is 0.242 e. The van der Waals surface area contributed by atoms with Crippen molar-refractivity contribution in [1.82, 2.24) is 20.5 Å². The number of aromatic nitrogens is 1. The Hall–Kier alpha value is -2.71. The van der Waals surface area contributed by atoms with Gasteiger partial charge in [0, 0.05) is 48.3 Å². The quantitative estimate of drug-likeness (QED) is 0.151. The van der Waals surface area contributed by atoms with Gasteiger partial charge in [0.05, 0.1) is 23.8 Å². The van der Waals surface area contributed by atoms with Gasteiger partial charge in [-0.2, -0.15) is 0 Å². The van der Waals surface area contributed by atoms with E-state index in [1.165, 1.54) is 10.5 Å². The Morgan fingerprint density at radius 3 is 2.33 bits per heavy atom. The molecule has 1 unspecified atom stereocenters. The fourth-order valence-electron chi connectivity index (χ4n) is 4.60. The Morgan fingerprint density at radius 1 is 1.05 bits per heavy atom. The largest absolute Gasteiger partial charge is 0.353 e. The molecule has 0 saturated heterocycles. The maximum atomic E-state index is 13.5. The third-order valence-electron chi connectivity index (χ3n) is 6.72. The van der Waals surface area contributed by atoms with E-state index in [9.17, 15) is 9.59 Å². The lowest BCUT2D eigenvalue weighted by Gasteiger charge is -2.31. The minimum Gasteiger partial charge on any atom is -0.353 e. The molecule has 1 aromatic carbocycles. The van der Waals surface area contributed by atoms with Crippen molar-refractivity contribution < 1.29 is 9.59 Å². The fraction of sp³-hybridized carbons (Fsp3) is 0.618. The zero-order chi connectivity index (χ0) is 31.7. The lowest BCUT2D eigenvalue weighted by atomic mass is 10.0. The molecule has 1 aromatic heterocycles. The number of aryl methyl sites for hydroxylation is 2. The van der Waals surface area contributed by atoms with Crippen LogP contribution in [0.25, 0.3) is 11.3 Å². The summed E-state index contributed by atoms with van der Waals surface area (Å²) < 4.78 is 0. The van der Waals surface area contributed by atoms with Gasteiger partial charge in [-0.1, -0.05) is 71.6 Å². The second kappa shape index (κ2) is 20.2. The molecule has 1 atom stereocenters. The summed E-state index contributed by atoms with van der Waals surface area (Å²) in [4.78, 5) is 36.3. The van der Waals surface area contributed by atoms with Crippen molar-refractivity contribution in [2.45, 2.75) is 106 Å². The van der Waals surface area contributed by atoms with Crippen molar-refractivity contribution in [3.8, 4) is 11.3 Å². The minimum atomic E-state index is -0.0914. The first kappa shape index (κ1) is 37.3. The number of benzene rings is 1. The summed E-state index contributed by atoms with van der Waals surface area (Å²) in [5, 5.41) is 7.36. The molecular weight excluding hydrogens is 542 g/mol. The van der Waals surface area contributed by atoms with Crippen molar-refractivity contribution in [2.75, 3.05) is 38.1 Å². The summed E-state index contributed by atoms with van der Waals surface area (Å²) in [6.45, 7) is 21.7. The molecule has 42 heavy (non-hydrogen) atoms. The fourth-order valence-corrected chi connectivity index (χ4v) is 5.50. The SMILES string of the molecule is C=C(C)C.CCCCC(CCC)N(C)C(=O)CN(CC(=O)NCCNC(C)C)c1cccc(-c2nc(C)sc2CC)c1. The van der Waals surface area contributed by atoms with Crippen molar-refractivity contribution in [3.63, 3.8) is 0 Å². The maximum absolute atomic E-state index is 13.5. The summed E-state index contributed by atoms with van der Waals surface area (Å²) >= 11 is 1.72. The van der Waals surface area contributed by atoms with E-state index in [0.29, 0.717) is 19.1 Å². The van der Waals surface area contributed by atoms with Gasteiger partial charge in [-0.05, 0) is 52.2 Å². The van der Waals surface area contributed by atoms with E-state index in [4.69, 9.17) is 4.98 Å². The van der Waals surface area contributed by atoms with Gasteiger partial charge in [-0.15, -0.1) is 17.9 Å². The number of likely N-dealkylation sites (N-methyl/N-ethyl adjacent to an activating group) is 1. The molecule has 236 valence electrons. The molecule has 2 amide bonds. The van der Waals surface area contributed by atoms with Crippen LogP contribution < -0.4 is 15.5 Å².